The molecule has 3 rings (SSSR count). The number of carbonyl (C=O) groups excluding carboxylic acids is 1. The Morgan fingerprint density at radius 1 is 1.25 bits per heavy atom. The number of nitrogens with zero attached hydrogens (tertiary/aromatic N) is 2. The number of carbonyl (C=O) groups is 1. The number of halogens is 1. The first-order chi connectivity index (χ1) is 13.5. The maximum Gasteiger partial charge on any atom is 0.240 e. The molecule has 1 atom stereocenters. The number of hydrogen-bond donors (Lipinski definition) is 2. The van der Waals surface area contributed by atoms with Crippen molar-refractivity contribution in [2.24, 2.45) is 0 Å². The summed E-state index contributed by atoms with van der Waals surface area (Å²) in [6.07, 6.45) is 0. The quantitative estimate of drug-likeness (QED) is 0.503. The lowest BCUT2D eigenvalue weighted by atomic mass is 10.1. The van der Waals surface area contributed by atoms with Crippen LogP contribution in [0, 0.1) is 4.77 Å². The molecule has 1 amide bonds. The van der Waals surface area contributed by atoms with Crippen LogP contribution in [0.4, 0.5) is 0 Å². The smallest absolute Gasteiger partial charge is 0.240 e. The Balaban J connectivity index is 1.73. The Bertz CT molecular complexity index is 996. The van der Waals surface area contributed by atoms with Crippen LogP contribution in [0.1, 0.15) is 25.5 Å². The van der Waals surface area contributed by atoms with E-state index in [4.69, 9.17) is 17.0 Å². The predicted molar refractivity (Wildman–Crippen MR) is 115 cm³/mol. The molecular weight excluding hydrogens is 440 g/mol. The van der Waals surface area contributed by atoms with Crippen molar-refractivity contribution in [2.45, 2.75) is 26.4 Å². The minimum absolute atomic E-state index is 0.0821. The van der Waals surface area contributed by atoms with Crippen molar-refractivity contribution in [2.75, 3.05) is 6.61 Å². The summed E-state index contributed by atoms with van der Waals surface area (Å²) in [6, 6.07) is 15.3. The number of hydrogen-bond acceptors (Lipinski definition) is 4. The van der Waals surface area contributed by atoms with Gasteiger partial charge < -0.3 is 10.1 Å². The molecule has 2 aromatic carbocycles. The summed E-state index contributed by atoms with van der Waals surface area (Å²) >= 11 is 8.73. The standard InChI is InChI=1S/C20H21BrN4O2S/c1-3-27-17-10-6-15(7-11-17)19-23-24-20(28)25(19)12-18(26)22-13(2)14-4-8-16(21)9-5-14/h4-11,13H,3,12H2,1-2H3,(H,22,26)(H,24,28). The van der Waals surface area contributed by atoms with Crippen LogP contribution in [-0.4, -0.2) is 27.3 Å². The summed E-state index contributed by atoms with van der Waals surface area (Å²) in [5.74, 6) is 1.26. The number of nitrogens with one attached hydrogen (secondary N) is 2. The molecule has 1 aromatic heterocycles. The Morgan fingerprint density at radius 2 is 1.93 bits per heavy atom. The Morgan fingerprint density at radius 3 is 2.57 bits per heavy atom. The van der Waals surface area contributed by atoms with E-state index in [9.17, 15) is 4.79 Å². The van der Waals surface area contributed by atoms with Gasteiger partial charge in [-0.1, -0.05) is 28.1 Å². The van der Waals surface area contributed by atoms with E-state index in [1.54, 1.807) is 4.57 Å². The number of H-pyrrole nitrogens is 1. The predicted octanol–water partition coefficient (Wildman–Crippen LogP) is 4.65. The molecular formula is C20H21BrN4O2S. The number of rotatable bonds is 7. The molecule has 0 saturated carbocycles. The Kier molecular flexibility index (Phi) is 6.64. The summed E-state index contributed by atoms with van der Waals surface area (Å²) in [5, 5.41) is 10.1. The number of aromatic amines is 1. The van der Waals surface area contributed by atoms with Crippen molar-refractivity contribution in [3.8, 4) is 17.1 Å². The van der Waals surface area contributed by atoms with Gasteiger partial charge in [0.25, 0.3) is 0 Å². The van der Waals surface area contributed by atoms with Gasteiger partial charge in [-0.05, 0) is 68.0 Å². The van der Waals surface area contributed by atoms with E-state index in [0.29, 0.717) is 17.2 Å². The summed E-state index contributed by atoms with van der Waals surface area (Å²) in [6.45, 7) is 4.57. The average Bonchev–Trinajstić information content (AvgIpc) is 3.03. The first-order valence-electron chi connectivity index (χ1n) is 8.91. The van der Waals surface area contributed by atoms with E-state index < -0.39 is 0 Å². The normalized spacial score (nSPS) is 11.8. The largest absolute Gasteiger partial charge is 0.494 e. The second-order valence-electron chi connectivity index (χ2n) is 6.24. The van der Waals surface area contributed by atoms with Crippen LogP contribution < -0.4 is 10.1 Å². The monoisotopic (exact) mass is 460 g/mol. The minimum Gasteiger partial charge on any atom is -0.494 e. The minimum atomic E-state index is -0.139. The molecule has 28 heavy (non-hydrogen) atoms. The van der Waals surface area contributed by atoms with Crippen molar-refractivity contribution in [3.05, 3.63) is 63.3 Å². The summed E-state index contributed by atoms with van der Waals surface area (Å²) in [7, 11) is 0. The zero-order valence-electron chi connectivity index (χ0n) is 15.6. The van der Waals surface area contributed by atoms with E-state index in [2.05, 4.69) is 31.4 Å². The third kappa shape index (κ3) is 4.88. The van der Waals surface area contributed by atoms with E-state index in [1.165, 1.54) is 0 Å². The first kappa shape index (κ1) is 20.3. The highest BCUT2D eigenvalue weighted by Gasteiger charge is 2.15. The molecule has 1 heterocycles. The Labute approximate surface area is 177 Å². The van der Waals surface area contributed by atoms with Gasteiger partial charge in [-0.2, -0.15) is 5.10 Å². The first-order valence-corrected chi connectivity index (χ1v) is 10.1. The molecule has 0 aliphatic heterocycles. The van der Waals surface area contributed by atoms with Crippen molar-refractivity contribution in [1.82, 2.24) is 20.1 Å². The lowest BCUT2D eigenvalue weighted by molar-refractivity contribution is -0.122. The fourth-order valence-electron chi connectivity index (χ4n) is 2.82. The molecule has 0 aliphatic rings. The lowest BCUT2D eigenvalue weighted by Crippen LogP contribution is -2.30. The van der Waals surface area contributed by atoms with E-state index >= 15 is 0 Å². The third-order valence-corrected chi connectivity index (χ3v) is 5.07. The molecule has 1 unspecified atom stereocenters. The van der Waals surface area contributed by atoms with Gasteiger partial charge in [0.1, 0.15) is 12.3 Å². The zero-order valence-corrected chi connectivity index (χ0v) is 18.0. The molecule has 6 nitrogen and oxygen atoms in total. The fourth-order valence-corrected chi connectivity index (χ4v) is 3.28. The van der Waals surface area contributed by atoms with Gasteiger partial charge in [0.15, 0.2) is 10.6 Å². The van der Waals surface area contributed by atoms with Gasteiger partial charge in [-0.15, -0.1) is 0 Å². The van der Waals surface area contributed by atoms with E-state index in [1.807, 2.05) is 62.4 Å². The van der Waals surface area contributed by atoms with E-state index in [-0.39, 0.29) is 18.5 Å². The molecule has 0 spiro atoms. The molecule has 146 valence electrons. The highest BCUT2D eigenvalue weighted by molar-refractivity contribution is 9.10. The van der Waals surface area contributed by atoms with Crippen molar-refractivity contribution in [3.63, 3.8) is 0 Å². The Hall–Kier alpha value is -2.45. The number of ether oxygens (including phenoxy) is 1. The molecule has 3 aromatic rings. The second-order valence-corrected chi connectivity index (χ2v) is 7.54. The number of benzene rings is 2. The molecule has 0 bridgehead atoms. The van der Waals surface area contributed by atoms with Crippen LogP contribution in [-0.2, 0) is 11.3 Å². The van der Waals surface area contributed by atoms with Crippen molar-refractivity contribution < 1.29 is 9.53 Å². The molecule has 0 fully saturated rings. The van der Waals surface area contributed by atoms with Gasteiger partial charge in [-0.25, -0.2) is 0 Å². The molecule has 0 radical (unpaired) electrons. The van der Waals surface area contributed by atoms with Crippen LogP contribution in [0.15, 0.2) is 53.0 Å². The zero-order chi connectivity index (χ0) is 20.1. The SMILES string of the molecule is CCOc1ccc(-c2n[nH]c(=S)n2CC(=O)NC(C)c2ccc(Br)cc2)cc1. The summed E-state index contributed by atoms with van der Waals surface area (Å²) < 4.78 is 8.55. The molecule has 0 aliphatic carbocycles. The highest BCUT2D eigenvalue weighted by Crippen LogP contribution is 2.21. The fraction of sp³-hybridized carbons (Fsp3) is 0.250. The molecule has 2 N–H and O–H groups in total. The summed E-state index contributed by atoms with van der Waals surface area (Å²) in [4.78, 5) is 12.6. The number of amides is 1. The maximum atomic E-state index is 12.6. The average molecular weight is 461 g/mol. The summed E-state index contributed by atoms with van der Waals surface area (Å²) in [5.41, 5.74) is 1.88. The van der Waals surface area contributed by atoms with Crippen LogP contribution >= 0.6 is 28.1 Å². The van der Waals surface area contributed by atoms with E-state index in [0.717, 1.165) is 21.3 Å². The van der Waals surface area contributed by atoms with Crippen LogP contribution in [0.3, 0.4) is 0 Å². The third-order valence-electron chi connectivity index (χ3n) is 4.23. The van der Waals surface area contributed by atoms with Gasteiger partial charge >= 0.3 is 0 Å². The highest BCUT2D eigenvalue weighted by atomic mass is 79.9. The van der Waals surface area contributed by atoms with Gasteiger partial charge in [0, 0.05) is 10.0 Å². The van der Waals surface area contributed by atoms with Crippen LogP contribution in [0.25, 0.3) is 11.4 Å². The van der Waals surface area contributed by atoms with Gasteiger partial charge in [-0.3, -0.25) is 14.5 Å². The molecule has 8 heteroatoms. The lowest BCUT2D eigenvalue weighted by Gasteiger charge is -2.15. The van der Waals surface area contributed by atoms with Crippen LogP contribution in [0.2, 0.25) is 0 Å². The maximum absolute atomic E-state index is 12.6. The topological polar surface area (TPSA) is 71.9 Å². The van der Waals surface area contributed by atoms with Crippen molar-refractivity contribution >= 4 is 34.1 Å². The van der Waals surface area contributed by atoms with Crippen molar-refractivity contribution in [1.29, 1.82) is 0 Å². The molecule has 0 saturated heterocycles. The van der Waals surface area contributed by atoms with Crippen LogP contribution in [0.5, 0.6) is 5.75 Å². The number of aromatic nitrogens is 3. The van der Waals surface area contributed by atoms with Gasteiger partial charge in [0.05, 0.1) is 12.6 Å². The second kappa shape index (κ2) is 9.16. The van der Waals surface area contributed by atoms with Gasteiger partial charge in [0.2, 0.25) is 5.91 Å².